The Kier molecular flexibility index (Phi) is 4.99. The fourth-order valence-corrected chi connectivity index (χ4v) is 4.11. The highest BCUT2D eigenvalue weighted by Gasteiger charge is 2.32. The third kappa shape index (κ3) is 3.35. The number of anilines is 1. The summed E-state index contributed by atoms with van der Waals surface area (Å²) in [6.45, 7) is 6.45. The predicted octanol–water partition coefficient (Wildman–Crippen LogP) is 2.14. The Hall–Kier alpha value is -2.94. The minimum atomic E-state index is -0.694. The number of aryl methyl sites for hydroxylation is 1. The molecule has 2 fully saturated rings. The molecule has 0 bridgehead atoms. The summed E-state index contributed by atoms with van der Waals surface area (Å²) in [6.07, 6.45) is 3.46. The number of pyridine rings is 1. The van der Waals surface area contributed by atoms with Crippen LogP contribution in [0, 0.1) is 17.0 Å². The Balaban J connectivity index is 2.03. The smallest absolute Gasteiger partial charge is 0.343 e. The predicted molar refractivity (Wildman–Crippen MR) is 109 cm³/mol. The highest BCUT2D eigenvalue weighted by atomic mass is 16.6. The van der Waals surface area contributed by atoms with E-state index < -0.39 is 16.3 Å². The molecular weight excluding hydrogens is 376 g/mol. The molecule has 1 aliphatic heterocycles. The SMILES string of the molecule is CCOC(=O)c1cn(C2CC2)c2c(C)c(N3CCNCC3)c([N+](=O)[O-])cc2c1=O. The second kappa shape index (κ2) is 7.47. The highest BCUT2D eigenvalue weighted by molar-refractivity contribution is 5.98. The fourth-order valence-electron chi connectivity index (χ4n) is 4.11. The van der Waals surface area contributed by atoms with Crippen LogP contribution in [0.2, 0.25) is 0 Å². The van der Waals surface area contributed by atoms with Gasteiger partial charge in [0.15, 0.2) is 0 Å². The molecular formula is C20H24N4O5. The third-order valence-corrected chi connectivity index (χ3v) is 5.57. The van der Waals surface area contributed by atoms with Crippen LogP contribution >= 0.6 is 0 Å². The van der Waals surface area contributed by atoms with Gasteiger partial charge >= 0.3 is 5.97 Å². The van der Waals surface area contributed by atoms with Crippen LogP contribution in [0.4, 0.5) is 11.4 Å². The maximum Gasteiger partial charge on any atom is 0.343 e. The van der Waals surface area contributed by atoms with Crippen molar-refractivity contribution in [3.8, 4) is 0 Å². The molecule has 0 atom stereocenters. The van der Waals surface area contributed by atoms with E-state index in [2.05, 4.69) is 5.32 Å². The molecule has 9 heteroatoms. The fraction of sp³-hybridized carbons (Fsp3) is 0.500. The molecule has 1 aromatic heterocycles. The molecule has 1 N–H and O–H groups in total. The molecule has 29 heavy (non-hydrogen) atoms. The van der Waals surface area contributed by atoms with Crippen LogP contribution in [0.5, 0.6) is 0 Å². The van der Waals surface area contributed by atoms with Crippen molar-refractivity contribution in [2.45, 2.75) is 32.7 Å². The molecule has 0 radical (unpaired) electrons. The summed E-state index contributed by atoms with van der Waals surface area (Å²) in [5.74, 6) is -0.694. The number of carbonyl (C=O) groups excluding carboxylic acids is 1. The van der Waals surface area contributed by atoms with Gasteiger partial charge in [-0.25, -0.2) is 4.79 Å². The van der Waals surface area contributed by atoms with Crippen molar-refractivity contribution in [3.63, 3.8) is 0 Å². The number of carbonyl (C=O) groups is 1. The van der Waals surface area contributed by atoms with E-state index in [0.29, 0.717) is 29.9 Å². The van der Waals surface area contributed by atoms with Crippen LogP contribution in [-0.4, -0.2) is 48.2 Å². The van der Waals surface area contributed by atoms with Crippen LogP contribution < -0.4 is 15.6 Å². The van der Waals surface area contributed by atoms with Crippen LogP contribution in [0.1, 0.15) is 41.7 Å². The van der Waals surface area contributed by atoms with Crippen molar-refractivity contribution in [2.24, 2.45) is 0 Å². The van der Waals surface area contributed by atoms with Crippen LogP contribution in [0.25, 0.3) is 10.9 Å². The molecule has 2 heterocycles. The van der Waals surface area contributed by atoms with E-state index in [1.54, 1.807) is 13.1 Å². The van der Waals surface area contributed by atoms with E-state index in [1.165, 1.54) is 6.07 Å². The maximum absolute atomic E-state index is 13.1. The summed E-state index contributed by atoms with van der Waals surface area (Å²) >= 11 is 0. The highest BCUT2D eigenvalue weighted by Crippen LogP contribution is 2.42. The number of rotatable bonds is 5. The summed E-state index contributed by atoms with van der Waals surface area (Å²) in [5, 5.41) is 15.3. The number of esters is 1. The van der Waals surface area contributed by atoms with E-state index in [-0.39, 0.29) is 29.3 Å². The van der Waals surface area contributed by atoms with Gasteiger partial charge in [0, 0.05) is 50.0 Å². The Morgan fingerprint density at radius 2 is 2.03 bits per heavy atom. The van der Waals surface area contributed by atoms with Gasteiger partial charge in [0.05, 0.1) is 22.4 Å². The van der Waals surface area contributed by atoms with Crippen LogP contribution in [0.15, 0.2) is 17.1 Å². The number of fused-ring (bicyclic) bond motifs is 1. The number of piperazine rings is 1. The van der Waals surface area contributed by atoms with E-state index in [1.807, 2.05) is 16.4 Å². The normalized spacial score (nSPS) is 16.8. The molecule has 1 saturated carbocycles. The van der Waals surface area contributed by atoms with Crippen molar-refractivity contribution in [1.29, 1.82) is 0 Å². The lowest BCUT2D eigenvalue weighted by Gasteiger charge is -2.31. The Bertz CT molecular complexity index is 1050. The van der Waals surface area contributed by atoms with Crippen LogP contribution in [0.3, 0.4) is 0 Å². The molecule has 9 nitrogen and oxygen atoms in total. The first-order valence-electron chi connectivity index (χ1n) is 9.93. The zero-order valence-electron chi connectivity index (χ0n) is 16.6. The Morgan fingerprint density at radius 1 is 1.34 bits per heavy atom. The lowest BCUT2D eigenvalue weighted by Crippen LogP contribution is -2.44. The van der Waals surface area contributed by atoms with Crippen molar-refractivity contribution in [3.05, 3.63) is 43.7 Å². The number of hydrogen-bond acceptors (Lipinski definition) is 7. The molecule has 154 valence electrons. The van der Waals surface area contributed by atoms with Gasteiger partial charge in [0.1, 0.15) is 11.3 Å². The molecule has 4 rings (SSSR count). The molecule has 0 spiro atoms. The van der Waals surface area contributed by atoms with Crippen molar-refractivity contribution < 1.29 is 14.5 Å². The van der Waals surface area contributed by atoms with Crippen molar-refractivity contribution >= 4 is 28.2 Å². The van der Waals surface area contributed by atoms with Gasteiger partial charge in [-0.3, -0.25) is 14.9 Å². The Morgan fingerprint density at radius 3 is 2.62 bits per heavy atom. The lowest BCUT2D eigenvalue weighted by molar-refractivity contribution is -0.384. The zero-order chi connectivity index (χ0) is 20.7. The standard InChI is InChI=1S/C20H24N4O5/c1-3-29-20(26)15-11-23(13-4-5-13)17-12(2)18(22-8-6-21-7-9-22)16(24(27)28)10-14(17)19(15)25/h10-11,13,21H,3-9H2,1-2H3. The largest absolute Gasteiger partial charge is 0.462 e. The summed E-state index contributed by atoms with van der Waals surface area (Å²) in [6, 6.07) is 1.52. The lowest BCUT2D eigenvalue weighted by atomic mass is 10.0. The molecule has 1 aliphatic carbocycles. The summed E-state index contributed by atoms with van der Waals surface area (Å²) in [5.41, 5.74) is 1.24. The van der Waals surface area contributed by atoms with Crippen molar-refractivity contribution in [2.75, 3.05) is 37.7 Å². The number of nitro groups is 1. The van der Waals surface area contributed by atoms with Gasteiger partial charge < -0.3 is 19.5 Å². The monoisotopic (exact) mass is 400 g/mol. The van der Waals surface area contributed by atoms with Gasteiger partial charge in [-0.2, -0.15) is 0 Å². The molecule has 1 saturated heterocycles. The topological polar surface area (TPSA) is 107 Å². The van der Waals surface area contributed by atoms with Crippen molar-refractivity contribution in [1.82, 2.24) is 9.88 Å². The average Bonchev–Trinajstić information content (AvgIpc) is 3.54. The van der Waals surface area contributed by atoms with E-state index in [4.69, 9.17) is 4.74 Å². The molecule has 1 aromatic carbocycles. The number of nitrogens with zero attached hydrogens (tertiary/aromatic N) is 3. The maximum atomic E-state index is 13.1. The number of aromatic nitrogens is 1. The first kappa shape index (κ1) is 19.4. The molecule has 2 aromatic rings. The molecule has 0 amide bonds. The van der Waals surface area contributed by atoms with Gasteiger partial charge in [0.25, 0.3) is 5.69 Å². The average molecular weight is 400 g/mol. The van der Waals surface area contributed by atoms with E-state index in [9.17, 15) is 19.7 Å². The molecule has 2 aliphatic rings. The first-order valence-corrected chi connectivity index (χ1v) is 9.93. The first-order chi connectivity index (χ1) is 13.9. The van der Waals surface area contributed by atoms with E-state index >= 15 is 0 Å². The summed E-state index contributed by atoms with van der Waals surface area (Å²) in [4.78, 5) is 38.9. The summed E-state index contributed by atoms with van der Waals surface area (Å²) in [7, 11) is 0. The zero-order valence-corrected chi connectivity index (χ0v) is 16.6. The number of ether oxygens (including phenoxy) is 1. The van der Waals surface area contributed by atoms with Gasteiger partial charge in [-0.15, -0.1) is 0 Å². The minimum Gasteiger partial charge on any atom is -0.462 e. The number of nitro benzene ring substituents is 1. The second-order valence-corrected chi connectivity index (χ2v) is 7.49. The molecule has 0 unspecified atom stereocenters. The van der Waals surface area contributed by atoms with Gasteiger partial charge in [-0.1, -0.05) is 0 Å². The number of nitrogens with one attached hydrogen (secondary N) is 1. The Labute approximate surface area is 167 Å². The van der Waals surface area contributed by atoms with Crippen LogP contribution in [-0.2, 0) is 4.74 Å². The summed E-state index contributed by atoms with van der Waals surface area (Å²) < 4.78 is 6.98. The quantitative estimate of drug-likeness (QED) is 0.465. The number of hydrogen-bond donors (Lipinski definition) is 1. The van der Waals surface area contributed by atoms with Gasteiger partial charge in [0.2, 0.25) is 5.43 Å². The third-order valence-electron chi connectivity index (χ3n) is 5.57. The minimum absolute atomic E-state index is 0.0742. The van der Waals surface area contributed by atoms with Gasteiger partial charge in [-0.05, 0) is 26.7 Å². The number of benzene rings is 1. The second-order valence-electron chi connectivity index (χ2n) is 7.49. The van der Waals surface area contributed by atoms with E-state index in [0.717, 1.165) is 25.9 Å².